The summed E-state index contributed by atoms with van der Waals surface area (Å²) in [5, 5.41) is 11.8. The average Bonchev–Trinajstić information content (AvgIpc) is 3.19. The van der Waals surface area contributed by atoms with E-state index in [-0.39, 0.29) is 17.8 Å². The molecule has 0 aliphatic rings. The molecule has 0 fully saturated rings. The van der Waals surface area contributed by atoms with Crippen molar-refractivity contribution in [1.82, 2.24) is 14.8 Å². The van der Waals surface area contributed by atoms with E-state index in [4.69, 9.17) is 14.2 Å². The third-order valence-electron chi connectivity index (χ3n) is 4.62. The predicted molar refractivity (Wildman–Crippen MR) is 125 cm³/mol. The molecule has 0 spiro atoms. The van der Waals surface area contributed by atoms with Gasteiger partial charge >= 0.3 is 5.97 Å². The van der Waals surface area contributed by atoms with Crippen LogP contribution in [0.15, 0.2) is 53.7 Å². The Labute approximate surface area is 196 Å². The Kier molecular flexibility index (Phi) is 8.31. The van der Waals surface area contributed by atoms with E-state index in [2.05, 4.69) is 15.5 Å². The Hall–Kier alpha value is -3.53. The summed E-state index contributed by atoms with van der Waals surface area (Å²) < 4.78 is 17.8. The normalized spacial score (nSPS) is 11.5. The van der Waals surface area contributed by atoms with Crippen molar-refractivity contribution in [3.8, 4) is 11.5 Å². The SMILES string of the molecule is CCOC(=O)c1ccc(NC(=O)CSc2nnc(C(C)Oc3ccc(OC)cc3)n2C)cc1. The average molecular weight is 471 g/mol. The van der Waals surface area contributed by atoms with Crippen LogP contribution in [0.2, 0.25) is 0 Å². The minimum atomic E-state index is -0.394. The van der Waals surface area contributed by atoms with Crippen LogP contribution in [0.4, 0.5) is 5.69 Å². The number of anilines is 1. The first kappa shape index (κ1) is 24.1. The number of nitrogens with zero attached hydrogens (tertiary/aromatic N) is 3. The molecule has 0 bridgehead atoms. The molecule has 1 amide bonds. The third kappa shape index (κ3) is 6.48. The lowest BCUT2D eigenvalue weighted by Crippen LogP contribution is -2.15. The van der Waals surface area contributed by atoms with Gasteiger partial charge in [0.2, 0.25) is 5.91 Å². The fourth-order valence-corrected chi connectivity index (χ4v) is 3.67. The van der Waals surface area contributed by atoms with Gasteiger partial charge in [-0.15, -0.1) is 10.2 Å². The molecule has 33 heavy (non-hydrogen) atoms. The molecule has 1 N–H and O–H groups in total. The van der Waals surface area contributed by atoms with Crippen LogP contribution in [0.5, 0.6) is 11.5 Å². The molecule has 0 radical (unpaired) electrons. The monoisotopic (exact) mass is 470 g/mol. The largest absolute Gasteiger partial charge is 0.497 e. The molecule has 0 aliphatic heterocycles. The lowest BCUT2D eigenvalue weighted by molar-refractivity contribution is -0.113. The van der Waals surface area contributed by atoms with Crippen LogP contribution in [0.1, 0.15) is 36.1 Å². The van der Waals surface area contributed by atoms with E-state index in [0.717, 1.165) is 5.75 Å². The third-order valence-corrected chi connectivity index (χ3v) is 5.64. The van der Waals surface area contributed by atoms with Crippen molar-refractivity contribution in [2.45, 2.75) is 25.1 Å². The van der Waals surface area contributed by atoms with Gasteiger partial charge in [0.15, 0.2) is 17.1 Å². The van der Waals surface area contributed by atoms with Crippen molar-refractivity contribution in [3.63, 3.8) is 0 Å². The molecule has 2 aromatic carbocycles. The standard InChI is InChI=1S/C23H26N4O5S/c1-5-31-22(29)16-6-8-17(9-7-16)24-20(28)14-33-23-26-25-21(27(23)3)15(2)32-19-12-10-18(30-4)11-13-19/h6-13,15H,5,14H2,1-4H3,(H,24,28). The second-order valence-corrected chi connectivity index (χ2v) is 7.91. The van der Waals surface area contributed by atoms with Gasteiger partial charge in [0.25, 0.3) is 0 Å². The van der Waals surface area contributed by atoms with Gasteiger partial charge in [-0.3, -0.25) is 4.79 Å². The van der Waals surface area contributed by atoms with E-state index in [1.165, 1.54) is 11.8 Å². The van der Waals surface area contributed by atoms with E-state index in [1.54, 1.807) is 42.9 Å². The Morgan fingerprint density at radius 2 is 1.73 bits per heavy atom. The van der Waals surface area contributed by atoms with Crippen molar-refractivity contribution in [3.05, 3.63) is 59.9 Å². The number of benzene rings is 2. The lowest BCUT2D eigenvalue weighted by Gasteiger charge is -2.14. The van der Waals surface area contributed by atoms with Gasteiger partial charge in [-0.05, 0) is 62.4 Å². The predicted octanol–water partition coefficient (Wildman–Crippen LogP) is 3.87. The highest BCUT2D eigenvalue weighted by atomic mass is 32.2. The van der Waals surface area contributed by atoms with E-state index >= 15 is 0 Å². The van der Waals surface area contributed by atoms with Crippen molar-refractivity contribution < 1.29 is 23.8 Å². The van der Waals surface area contributed by atoms with Crippen molar-refractivity contribution in [2.24, 2.45) is 7.05 Å². The first-order valence-corrected chi connectivity index (χ1v) is 11.3. The fourth-order valence-electron chi connectivity index (χ4n) is 2.95. The van der Waals surface area contributed by atoms with Gasteiger partial charge in [-0.25, -0.2) is 4.79 Å². The molecule has 1 heterocycles. The van der Waals surface area contributed by atoms with Crippen LogP contribution in [-0.2, 0) is 16.6 Å². The van der Waals surface area contributed by atoms with Crippen molar-refractivity contribution >= 4 is 29.3 Å². The summed E-state index contributed by atoms with van der Waals surface area (Å²) in [5.41, 5.74) is 1.02. The summed E-state index contributed by atoms with van der Waals surface area (Å²) in [5.74, 6) is 1.64. The van der Waals surface area contributed by atoms with Crippen LogP contribution in [0.25, 0.3) is 0 Å². The summed E-state index contributed by atoms with van der Waals surface area (Å²) in [6.07, 6.45) is -0.336. The number of methoxy groups -OCH3 is 1. The topological polar surface area (TPSA) is 105 Å². The van der Waals surface area contributed by atoms with Crippen molar-refractivity contribution in [2.75, 3.05) is 24.8 Å². The number of esters is 1. The summed E-state index contributed by atoms with van der Waals surface area (Å²) in [6.45, 7) is 3.94. The molecule has 1 aromatic heterocycles. The van der Waals surface area contributed by atoms with Crippen LogP contribution < -0.4 is 14.8 Å². The first-order chi connectivity index (χ1) is 15.9. The number of ether oxygens (including phenoxy) is 3. The zero-order valence-corrected chi connectivity index (χ0v) is 19.7. The lowest BCUT2D eigenvalue weighted by atomic mass is 10.2. The maximum Gasteiger partial charge on any atom is 0.338 e. The fraction of sp³-hybridized carbons (Fsp3) is 0.304. The summed E-state index contributed by atoms with van der Waals surface area (Å²) >= 11 is 1.27. The second kappa shape index (κ2) is 11.4. The van der Waals surface area contributed by atoms with E-state index in [0.29, 0.717) is 34.6 Å². The highest BCUT2D eigenvalue weighted by Crippen LogP contribution is 2.25. The van der Waals surface area contributed by atoms with Crippen LogP contribution >= 0.6 is 11.8 Å². The minimum Gasteiger partial charge on any atom is -0.497 e. The van der Waals surface area contributed by atoms with Gasteiger partial charge in [0.1, 0.15) is 11.5 Å². The number of nitrogens with one attached hydrogen (secondary N) is 1. The number of hydrogen-bond acceptors (Lipinski definition) is 8. The van der Waals surface area contributed by atoms with E-state index in [9.17, 15) is 9.59 Å². The zero-order chi connectivity index (χ0) is 23.8. The Bertz CT molecular complexity index is 1080. The molecule has 0 saturated carbocycles. The minimum absolute atomic E-state index is 0.152. The van der Waals surface area contributed by atoms with Crippen LogP contribution in [0.3, 0.4) is 0 Å². The van der Waals surface area contributed by atoms with Gasteiger partial charge in [-0.2, -0.15) is 0 Å². The Morgan fingerprint density at radius 1 is 1.06 bits per heavy atom. The number of aromatic nitrogens is 3. The molecule has 9 nitrogen and oxygen atoms in total. The zero-order valence-electron chi connectivity index (χ0n) is 18.9. The number of thioether (sulfide) groups is 1. The number of carbonyl (C=O) groups excluding carboxylic acids is 2. The molecule has 1 atom stereocenters. The number of rotatable bonds is 10. The summed E-state index contributed by atoms with van der Waals surface area (Å²) in [6, 6.07) is 13.8. The molecule has 0 saturated heterocycles. The summed E-state index contributed by atoms with van der Waals surface area (Å²) in [4.78, 5) is 24.0. The smallest absolute Gasteiger partial charge is 0.338 e. The van der Waals surface area contributed by atoms with Crippen LogP contribution in [-0.4, -0.2) is 46.1 Å². The molecule has 174 valence electrons. The van der Waals surface area contributed by atoms with Gasteiger partial charge in [0, 0.05) is 12.7 Å². The summed E-state index contributed by atoms with van der Waals surface area (Å²) in [7, 11) is 3.44. The molecule has 0 aliphatic carbocycles. The molecule has 3 aromatic rings. The maximum atomic E-state index is 12.3. The van der Waals surface area contributed by atoms with Crippen molar-refractivity contribution in [1.29, 1.82) is 0 Å². The Balaban J connectivity index is 1.53. The molecular weight excluding hydrogens is 444 g/mol. The van der Waals surface area contributed by atoms with Gasteiger partial charge < -0.3 is 24.1 Å². The maximum absolute atomic E-state index is 12.3. The quantitative estimate of drug-likeness (QED) is 0.352. The van der Waals surface area contributed by atoms with Gasteiger partial charge in [0.05, 0.1) is 25.0 Å². The van der Waals surface area contributed by atoms with Gasteiger partial charge in [-0.1, -0.05) is 11.8 Å². The van der Waals surface area contributed by atoms with E-state index in [1.807, 2.05) is 38.2 Å². The molecule has 1 unspecified atom stereocenters. The number of hydrogen-bond donors (Lipinski definition) is 1. The highest BCUT2D eigenvalue weighted by Gasteiger charge is 2.18. The molecule has 10 heteroatoms. The number of carbonyl (C=O) groups is 2. The molecule has 3 rings (SSSR count). The first-order valence-electron chi connectivity index (χ1n) is 10.3. The van der Waals surface area contributed by atoms with E-state index < -0.39 is 5.97 Å². The second-order valence-electron chi connectivity index (χ2n) is 6.97. The van der Waals surface area contributed by atoms with Crippen LogP contribution in [0, 0.1) is 0 Å². The number of amides is 1. The Morgan fingerprint density at radius 3 is 2.36 bits per heavy atom. The highest BCUT2D eigenvalue weighted by molar-refractivity contribution is 7.99. The molecular formula is C23H26N4O5S.